The quantitative estimate of drug-likeness (QED) is 0.242. The van der Waals surface area contributed by atoms with Crippen LogP contribution >= 0.6 is 0 Å². The van der Waals surface area contributed by atoms with Crippen molar-refractivity contribution in [2.45, 2.75) is 49.7 Å². The smallest absolute Gasteiger partial charge is 0.415 e. The molecular weight excluding hydrogens is 596 g/mol. The van der Waals surface area contributed by atoms with Gasteiger partial charge < -0.3 is 14.6 Å². The molecule has 238 valence electrons. The first kappa shape index (κ1) is 32.3. The lowest BCUT2D eigenvalue weighted by atomic mass is 9.88. The van der Waals surface area contributed by atoms with E-state index >= 15 is 0 Å². The third-order valence-corrected chi connectivity index (χ3v) is 10.2. The molecule has 2 fully saturated rings. The molecule has 1 N–H and O–H groups in total. The fourth-order valence-corrected chi connectivity index (χ4v) is 7.02. The summed E-state index contributed by atoms with van der Waals surface area (Å²) in [7, 11) is -2.44. The van der Waals surface area contributed by atoms with Crippen LogP contribution in [0.1, 0.15) is 42.1 Å². The van der Waals surface area contributed by atoms with Crippen LogP contribution in [0, 0.1) is 11.8 Å². The number of aliphatic hydroxyl groups is 1. The highest BCUT2D eigenvalue weighted by atomic mass is 32.2. The first-order valence-corrected chi connectivity index (χ1v) is 16.5. The van der Waals surface area contributed by atoms with Gasteiger partial charge in [0.1, 0.15) is 5.75 Å². The second kappa shape index (κ2) is 13.9. The molecule has 3 aromatic rings. The van der Waals surface area contributed by atoms with E-state index in [2.05, 4.69) is 0 Å². The number of amides is 1. The molecule has 2 aliphatic rings. The summed E-state index contributed by atoms with van der Waals surface area (Å²) in [5.41, 5.74) is 1.89. The van der Waals surface area contributed by atoms with E-state index in [1.54, 1.807) is 36.4 Å². The van der Waals surface area contributed by atoms with Gasteiger partial charge in [-0.1, -0.05) is 30.3 Å². The summed E-state index contributed by atoms with van der Waals surface area (Å²) in [5.74, 6) is -0.362. The number of Topliss-reactive ketones (excluding diaryl/α,β-unsaturated/α-hetero) is 2. The Morgan fingerprint density at radius 1 is 1.02 bits per heavy atom. The van der Waals surface area contributed by atoms with Crippen LogP contribution in [-0.2, 0) is 26.0 Å². The Kier molecular flexibility index (Phi) is 10.0. The van der Waals surface area contributed by atoms with Crippen molar-refractivity contribution < 1.29 is 37.4 Å². The van der Waals surface area contributed by atoms with Gasteiger partial charge in [-0.2, -0.15) is 4.31 Å². The molecule has 10 nitrogen and oxygen atoms in total. The van der Waals surface area contributed by atoms with Crippen LogP contribution in [0.2, 0.25) is 0 Å². The topological polar surface area (TPSA) is 131 Å². The third kappa shape index (κ3) is 7.97. The molecule has 11 heteroatoms. The first-order chi connectivity index (χ1) is 21.5. The van der Waals surface area contributed by atoms with Gasteiger partial charge in [-0.25, -0.2) is 13.2 Å². The number of sulfonamides is 1. The number of cyclic esters (lactones) is 1. The summed E-state index contributed by atoms with van der Waals surface area (Å²) in [6.45, 7) is 1.53. The van der Waals surface area contributed by atoms with Gasteiger partial charge >= 0.3 is 6.09 Å². The highest BCUT2D eigenvalue weighted by Gasteiger charge is 2.40. The van der Waals surface area contributed by atoms with E-state index in [1.165, 1.54) is 35.4 Å². The Labute approximate surface area is 263 Å². The Morgan fingerprint density at radius 2 is 1.69 bits per heavy atom. The van der Waals surface area contributed by atoms with Crippen LogP contribution in [0.5, 0.6) is 5.75 Å². The molecule has 1 amide bonds. The number of benzene rings is 3. The van der Waals surface area contributed by atoms with Crippen LogP contribution in [0.3, 0.4) is 0 Å². The number of rotatable bonds is 15. The van der Waals surface area contributed by atoms with Crippen molar-refractivity contribution in [3.05, 3.63) is 90.0 Å². The summed E-state index contributed by atoms with van der Waals surface area (Å²) < 4.78 is 39.4. The lowest BCUT2D eigenvalue weighted by Crippen LogP contribution is -2.43. The van der Waals surface area contributed by atoms with Gasteiger partial charge in [0.05, 0.1) is 24.7 Å². The monoisotopic (exact) mass is 634 g/mol. The van der Waals surface area contributed by atoms with Crippen LogP contribution < -0.4 is 9.64 Å². The Balaban J connectivity index is 1.33. The molecule has 0 radical (unpaired) electrons. The molecule has 0 spiro atoms. The standard InChI is InChI=1S/C34H38N2O8S/c1-23(37)26-10-12-28(13-11-26)36-22-33(44-34(36)40)31(38)19-27(18-24-6-4-3-5-7-24)32(39)21-35(20-25-8-9-25)45(41,42)30-16-14-29(43-2)15-17-30/h3-7,10-17,25,27,32-33,39H,8-9,18-22H2,1-2H3/t27-,32-,33+/m1/s1. The van der Waals surface area contributed by atoms with Gasteiger partial charge in [0, 0.05) is 30.8 Å². The molecule has 1 aliphatic carbocycles. The molecule has 45 heavy (non-hydrogen) atoms. The summed E-state index contributed by atoms with van der Waals surface area (Å²) in [4.78, 5) is 39.4. The summed E-state index contributed by atoms with van der Waals surface area (Å²) in [6, 6.07) is 22.0. The van der Waals surface area contributed by atoms with Gasteiger partial charge in [0.15, 0.2) is 17.7 Å². The van der Waals surface area contributed by atoms with Gasteiger partial charge in [-0.3, -0.25) is 14.5 Å². The second-order valence-electron chi connectivity index (χ2n) is 11.7. The van der Waals surface area contributed by atoms with Crippen LogP contribution in [0.15, 0.2) is 83.8 Å². The minimum Gasteiger partial charge on any atom is -0.497 e. The zero-order valence-corrected chi connectivity index (χ0v) is 26.2. The molecule has 0 unspecified atom stereocenters. The number of nitrogens with zero attached hydrogens (tertiary/aromatic N) is 2. The molecule has 0 bridgehead atoms. The highest BCUT2D eigenvalue weighted by molar-refractivity contribution is 7.89. The number of ketones is 2. The van der Waals surface area contributed by atoms with Gasteiger partial charge in [0.2, 0.25) is 10.0 Å². The summed E-state index contributed by atoms with van der Waals surface area (Å²) >= 11 is 0. The minimum absolute atomic E-state index is 0.00904. The average Bonchev–Trinajstić information content (AvgIpc) is 3.78. The normalized spacial score (nSPS) is 18.0. The maximum atomic E-state index is 13.7. The number of methoxy groups -OCH3 is 1. The van der Waals surface area contributed by atoms with E-state index in [1.807, 2.05) is 30.3 Å². The van der Waals surface area contributed by atoms with Gasteiger partial charge in [0.25, 0.3) is 0 Å². The number of aliphatic hydroxyl groups excluding tert-OH is 1. The van der Waals surface area contributed by atoms with Crippen molar-refractivity contribution >= 4 is 33.4 Å². The predicted molar refractivity (Wildman–Crippen MR) is 168 cm³/mol. The van der Waals surface area contributed by atoms with Crippen LogP contribution in [0.25, 0.3) is 0 Å². The number of carbonyl (C=O) groups is 3. The Bertz CT molecular complexity index is 1610. The molecule has 0 aromatic heterocycles. The zero-order valence-electron chi connectivity index (χ0n) is 25.4. The van der Waals surface area contributed by atoms with Crippen molar-refractivity contribution in [3.8, 4) is 5.75 Å². The van der Waals surface area contributed by atoms with Crippen molar-refractivity contribution in [3.63, 3.8) is 0 Å². The largest absolute Gasteiger partial charge is 0.497 e. The van der Waals surface area contributed by atoms with Crippen LogP contribution in [-0.4, -0.2) is 74.4 Å². The van der Waals surface area contributed by atoms with Gasteiger partial charge in [-0.15, -0.1) is 0 Å². The Hall–Kier alpha value is -4.06. The van der Waals surface area contributed by atoms with Crippen molar-refractivity contribution in [2.75, 3.05) is 31.6 Å². The molecule has 1 saturated carbocycles. The first-order valence-electron chi connectivity index (χ1n) is 15.0. The van der Waals surface area contributed by atoms with Crippen molar-refractivity contribution in [1.82, 2.24) is 4.31 Å². The zero-order chi connectivity index (χ0) is 32.1. The number of anilines is 1. The second-order valence-corrected chi connectivity index (χ2v) is 13.7. The Morgan fingerprint density at radius 3 is 2.29 bits per heavy atom. The van der Waals surface area contributed by atoms with E-state index in [-0.39, 0.29) is 48.4 Å². The van der Waals surface area contributed by atoms with E-state index in [4.69, 9.17) is 9.47 Å². The van der Waals surface area contributed by atoms with Gasteiger partial charge in [-0.05, 0) is 92.1 Å². The predicted octanol–water partition coefficient (Wildman–Crippen LogP) is 4.50. The lowest BCUT2D eigenvalue weighted by Gasteiger charge is -2.29. The number of carbonyl (C=O) groups excluding carboxylic acids is 3. The number of hydrogen-bond donors (Lipinski definition) is 1. The van der Waals surface area contributed by atoms with E-state index < -0.39 is 34.2 Å². The van der Waals surface area contributed by atoms with Crippen molar-refractivity contribution in [1.29, 1.82) is 0 Å². The van der Waals surface area contributed by atoms with E-state index in [0.717, 1.165) is 18.4 Å². The molecule has 3 atom stereocenters. The maximum Gasteiger partial charge on any atom is 0.415 e. The highest BCUT2D eigenvalue weighted by Crippen LogP contribution is 2.33. The summed E-state index contributed by atoms with van der Waals surface area (Å²) in [6.07, 6.45) is -0.871. The van der Waals surface area contributed by atoms with E-state index in [0.29, 0.717) is 23.4 Å². The summed E-state index contributed by atoms with van der Waals surface area (Å²) in [5, 5.41) is 11.6. The number of ether oxygens (including phenoxy) is 2. The van der Waals surface area contributed by atoms with E-state index in [9.17, 15) is 27.9 Å². The lowest BCUT2D eigenvalue weighted by molar-refractivity contribution is -0.127. The molecule has 1 aliphatic heterocycles. The SMILES string of the molecule is COc1ccc(S(=O)(=O)N(CC2CC2)C[C@@H](O)[C@@H](CC(=O)[C@@H]2CN(c3ccc(C(C)=O)cc3)C(=O)O2)Cc2ccccc2)cc1. The molecule has 5 rings (SSSR count). The third-order valence-electron chi connectivity index (χ3n) is 8.35. The number of hydrogen-bond acceptors (Lipinski definition) is 8. The molecule has 1 heterocycles. The molecule has 3 aromatic carbocycles. The minimum atomic E-state index is -3.94. The molecule has 1 saturated heterocycles. The molecular formula is C34H38N2O8S. The van der Waals surface area contributed by atoms with Crippen LogP contribution in [0.4, 0.5) is 10.5 Å². The fraction of sp³-hybridized carbons (Fsp3) is 0.382. The fourth-order valence-electron chi connectivity index (χ4n) is 5.48. The average molecular weight is 635 g/mol. The van der Waals surface area contributed by atoms with Crippen molar-refractivity contribution in [2.24, 2.45) is 11.8 Å². The maximum absolute atomic E-state index is 13.7.